The summed E-state index contributed by atoms with van der Waals surface area (Å²) in [5.41, 5.74) is 33.8. The number of aromatic nitrogens is 16. The highest BCUT2D eigenvalue weighted by atomic mass is 32.2. The summed E-state index contributed by atoms with van der Waals surface area (Å²) in [5.74, 6) is 7.37. The first-order valence-corrected chi connectivity index (χ1v) is 46.1. The first-order valence-electron chi connectivity index (χ1n) is 44.6. The molecule has 36 heteroatoms. The Balaban J connectivity index is 0.000000127. The summed E-state index contributed by atoms with van der Waals surface area (Å²) in [6.07, 6.45) is 18.9. The lowest BCUT2D eigenvalue weighted by Gasteiger charge is -2.15. The van der Waals surface area contributed by atoms with Gasteiger partial charge in [-0.1, -0.05) is 97.6 Å². The molecule has 12 heterocycles. The van der Waals surface area contributed by atoms with E-state index in [-0.39, 0.29) is 41.9 Å². The molecule has 4 aliphatic heterocycles. The molecule has 8 aromatic carbocycles. The van der Waals surface area contributed by atoms with Crippen molar-refractivity contribution in [3.05, 3.63) is 292 Å². The lowest BCUT2D eigenvalue weighted by atomic mass is 10.1. The van der Waals surface area contributed by atoms with Gasteiger partial charge in [-0.2, -0.15) is 24.7 Å². The molecule has 8 aromatic heterocycles. The van der Waals surface area contributed by atoms with Gasteiger partial charge in [-0.05, 0) is 198 Å². The Morgan fingerprint density at radius 2 is 0.650 bits per heavy atom. The summed E-state index contributed by atoms with van der Waals surface area (Å²) >= 11 is 0. The zero-order chi connectivity index (χ0) is 95.1. The van der Waals surface area contributed by atoms with Crippen LogP contribution in [0, 0.1) is 0 Å². The minimum atomic E-state index is -3.49. The van der Waals surface area contributed by atoms with E-state index in [1.165, 1.54) is 29.6 Å². The van der Waals surface area contributed by atoms with E-state index in [2.05, 4.69) is 46.5 Å². The normalized spacial score (nSPS) is 16.1. The summed E-state index contributed by atoms with van der Waals surface area (Å²) in [6, 6.07) is 68.9. The standard InChI is InChI=1S/C27H29N7O2.C26H26N6O3.C25H24N6O2.C23H22N6O3S/c1-32(2)15-6-9-23(35)33-16-14-20(17-33)34-27-24(26(28)29-18-30-27)25(31-34)19-10-12-22(13-11-19)36-21-7-4-3-5-8-21;1-34-15-5-8-22(33)31-14-13-19(16-31)32-26-23(25(27)28-17-29-26)24(30-32)18-9-11-21(12-10-18)35-20-6-3-2-4-7-20;1-2-6-21(32)30-14-13-18(15-30)31-25-22(24(26)27-16-28-25)23(29-31)17-9-11-20(12-10-17)33-19-7-4-3-5-8-19;1-2-33(30,31)28-13-12-17(14-28)29-23-20(22(24)25-15-26-23)21(27-29)16-8-10-19(11-9-16)32-18-6-4-3-5-7-18/h3-13,18,20H,14-17H2,1-2H3,(H2,28,29,30);2-12,17,19H,13-16H2,1H3,(H2,27,28,29);2-12,16,18H,13-15H2,1H3,(H2,26,27,28);2-11,15,17H,1,12-14H2,(H2,24,25,26)/b9-6+;8-5+;6-2+;. The zero-order valence-electron chi connectivity index (χ0n) is 75.7. The van der Waals surface area contributed by atoms with Gasteiger partial charge in [-0.25, -0.2) is 67.0 Å². The van der Waals surface area contributed by atoms with Gasteiger partial charge in [0.2, 0.25) is 27.7 Å². The molecule has 0 saturated carbocycles. The Hall–Kier alpha value is -16.4. The van der Waals surface area contributed by atoms with Crippen LogP contribution in [0.2, 0.25) is 0 Å². The van der Waals surface area contributed by atoms with E-state index < -0.39 is 10.0 Å². The molecule has 4 unspecified atom stereocenters. The Kier molecular flexibility index (Phi) is 28.5. The molecule has 3 amide bonds. The second kappa shape index (κ2) is 42.2. The number of carbonyl (C=O) groups excluding carboxylic acids is 3. The molecule has 0 bridgehead atoms. The lowest BCUT2D eigenvalue weighted by Crippen LogP contribution is -2.28. The van der Waals surface area contributed by atoms with Crippen molar-refractivity contribution in [3.8, 4) is 91.0 Å². The predicted octanol–water partition coefficient (Wildman–Crippen LogP) is 15.4. The SMILES string of the molecule is C/C=C/C(=O)N1CCC(n2nc(-c3ccc(Oc4ccccc4)cc3)c3c(N)ncnc32)C1.C=CS(=O)(=O)N1CCC(n2nc(-c3ccc(Oc4ccccc4)cc3)c3c(N)ncnc32)C1.CN(C)C/C=C/C(=O)N1CCC(n2nc(-c3ccc(Oc4ccccc4)cc3)c3c(N)ncnc32)C1.COC/C=C/C(=O)N1CCC(n2nc(-c3ccc(Oc4ccccc4)cc3)c3c(N)ncnc32)C1. The Bertz CT molecular complexity index is 7170. The maximum absolute atomic E-state index is 12.6. The third-order valence-corrected chi connectivity index (χ3v) is 25.0. The van der Waals surface area contributed by atoms with Crippen LogP contribution in [0.3, 0.4) is 0 Å². The number of sulfonamides is 1. The molecule has 4 atom stereocenters. The number of hydrogen-bond acceptors (Lipinski definition) is 27. The highest BCUT2D eigenvalue weighted by molar-refractivity contribution is 7.92. The fourth-order valence-corrected chi connectivity index (χ4v) is 17.7. The minimum Gasteiger partial charge on any atom is -0.457 e. The average molecular weight is 1860 g/mol. The van der Waals surface area contributed by atoms with E-state index >= 15 is 0 Å². The van der Waals surface area contributed by atoms with Crippen LogP contribution in [0.5, 0.6) is 46.0 Å². The van der Waals surface area contributed by atoms with Gasteiger partial charge >= 0.3 is 0 Å². The van der Waals surface area contributed by atoms with E-state index in [4.69, 9.17) is 67.0 Å². The molecule has 20 rings (SSSR count). The highest BCUT2D eigenvalue weighted by Gasteiger charge is 2.37. The number of allylic oxidation sites excluding steroid dienone is 1. The molecular formula is C101H101N25O10S. The molecule has 16 aromatic rings. The predicted molar refractivity (Wildman–Crippen MR) is 525 cm³/mol. The second-order valence-corrected chi connectivity index (χ2v) is 34.9. The second-order valence-electron chi connectivity index (χ2n) is 33.0. The number of anilines is 4. The van der Waals surface area contributed by atoms with Crippen LogP contribution in [0.1, 0.15) is 56.8 Å². The van der Waals surface area contributed by atoms with Crippen molar-refractivity contribution in [1.82, 2.24) is 103 Å². The number of para-hydroxylation sites is 4. The first-order chi connectivity index (χ1) is 66.7. The molecule has 696 valence electrons. The smallest absolute Gasteiger partial charge is 0.246 e. The van der Waals surface area contributed by atoms with Gasteiger partial charge in [0.05, 0.1) is 52.3 Å². The van der Waals surface area contributed by atoms with Crippen LogP contribution >= 0.6 is 0 Å². The summed E-state index contributed by atoms with van der Waals surface area (Å²) in [7, 11) is 2.05. The van der Waals surface area contributed by atoms with E-state index in [1.807, 2.05) is 279 Å². The van der Waals surface area contributed by atoms with E-state index in [0.29, 0.717) is 161 Å². The number of methoxy groups -OCH3 is 1. The number of rotatable bonds is 25. The molecule has 0 radical (unpaired) electrons. The van der Waals surface area contributed by atoms with Gasteiger partial charge in [0.1, 0.15) is 117 Å². The zero-order valence-corrected chi connectivity index (χ0v) is 76.6. The molecule has 4 fully saturated rings. The van der Waals surface area contributed by atoms with Gasteiger partial charge in [-0.3, -0.25) is 14.4 Å². The van der Waals surface area contributed by atoms with Gasteiger partial charge in [0.15, 0.2) is 22.6 Å². The summed E-state index contributed by atoms with van der Waals surface area (Å²) in [6.45, 7) is 10.7. The molecular weight excluding hydrogens is 1760 g/mol. The number of carbonyl (C=O) groups is 3. The topological polar surface area (TPSA) is 426 Å². The highest BCUT2D eigenvalue weighted by Crippen LogP contribution is 2.42. The van der Waals surface area contributed by atoms with Crippen molar-refractivity contribution in [2.24, 2.45) is 0 Å². The van der Waals surface area contributed by atoms with Gasteiger partial charge in [-0.15, -0.1) is 0 Å². The molecule has 137 heavy (non-hydrogen) atoms. The molecule has 4 saturated heterocycles. The molecule has 4 aliphatic rings. The summed E-state index contributed by atoms with van der Waals surface area (Å²) < 4.78 is 61.8. The van der Waals surface area contributed by atoms with Crippen LogP contribution in [0.15, 0.2) is 292 Å². The van der Waals surface area contributed by atoms with Crippen molar-refractivity contribution in [3.63, 3.8) is 0 Å². The Morgan fingerprint density at radius 1 is 0.380 bits per heavy atom. The van der Waals surface area contributed by atoms with E-state index in [1.54, 1.807) is 42.2 Å². The van der Waals surface area contributed by atoms with Crippen LogP contribution in [-0.2, 0) is 29.1 Å². The fraction of sp³-hybridized carbons (Fsp3) is 0.218. The van der Waals surface area contributed by atoms with Gasteiger partial charge in [0.25, 0.3) is 0 Å². The number of benzene rings is 8. The molecule has 0 spiro atoms. The monoisotopic (exact) mass is 1860 g/mol. The van der Waals surface area contributed by atoms with Crippen LogP contribution in [0.4, 0.5) is 23.3 Å². The summed E-state index contributed by atoms with van der Waals surface area (Å²) in [4.78, 5) is 79.6. The van der Waals surface area contributed by atoms with Gasteiger partial charge < -0.3 is 66.2 Å². The molecule has 35 nitrogen and oxygen atoms in total. The number of nitrogens with zero attached hydrogens (tertiary/aromatic N) is 21. The molecule has 8 N–H and O–H groups in total. The third-order valence-electron chi connectivity index (χ3n) is 23.6. The van der Waals surface area contributed by atoms with Crippen molar-refractivity contribution in [2.45, 2.75) is 56.8 Å². The van der Waals surface area contributed by atoms with Crippen LogP contribution in [0.25, 0.3) is 89.2 Å². The van der Waals surface area contributed by atoms with Crippen molar-refractivity contribution < 1.29 is 46.5 Å². The van der Waals surface area contributed by atoms with Crippen LogP contribution < -0.4 is 41.9 Å². The number of nitrogens with two attached hydrogens (primary N) is 4. The maximum atomic E-state index is 12.6. The number of hydrogen-bond donors (Lipinski definition) is 4. The fourth-order valence-electron chi connectivity index (χ4n) is 16.8. The number of likely N-dealkylation sites (N-methyl/N-ethyl adjacent to an activating group) is 1. The van der Waals surface area contributed by atoms with Crippen molar-refractivity contribution >= 4 is 95.1 Å². The molecule has 0 aliphatic carbocycles. The minimum absolute atomic E-state index is 0.00226. The number of amides is 3. The first kappa shape index (κ1) is 92.4. The van der Waals surface area contributed by atoms with Crippen molar-refractivity contribution in [2.75, 3.05) is 110 Å². The quantitative estimate of drug-likeness (QED) is 0.0386. The summed E-state index contributed by atoms with van der Waals surface area (Å²) in [5, 5.41) is 23.3. The largest absolute Gasteiger partial charge is 0.457 e. The van der Waals surface area contributed by atoms with Crippen LogP contribution in [-0.4, -0.2) is 216 Å². The average Bonchev–Trinajstić information content (AvgIpc) is 1.62. The Labute approximate surface area is 789 Å². The number of nitrogen functional groups attached to an aromatic ring is 4. The number of likely N-dealkylation sites (tertiary alicyclic amines) is 3. The number of ether oxygens (including phenoxy) is 5. The van der Waals surface area contributed by atoms with Crippen molar-refractivity contribution in [1.29, 1.82) is 0 Å². The van der Waals surface area contributed by atoms with E-state index in [9.17, 15) is 22.8 Å². The van der Waals surface area contributed by atoms with E-state index in [0.717, 1.165) is 93.7 Å². The maximum Gasteiger partial charge on any atom is 0.246 e. The third kappa shape index (κ3) is 21.3. The number of fused-ring (bicyclic) bond motifs is 4. The van der Waals surface area contributed by atoms with Gasteiger partial charge in [0, 0.05) is 106 Å². The Morgan fingerprint density at radius 3 is 0.927 bits per heavy atom. The lowest BCUT2D eigenvalue weighted by molar-refractivity contribution is -0.125.